The number of hydrogen-bond donors (Lipinski definition) is 2. The van der Waals surface area contributed by atoms with Gasteiger partial charge >= 0.3 is 6.09 Å². The molecule has 1 aliphatic heterocycles. The fourth-order valence-corrected chi connectivity index (χ4v) is 2.90. The number of nitrogens with zero attached hydrogens (tertiary/aromatic N) is 2. The molecular formula is C18H21BrN4O3. The summed E-state index contributed by atoms with van der Waals surface area (Å²) in [4.78, 5) is 24.5. The first-order valence-electron chi connectivity index (χ1n) is 7.97. The monoisotopic (exact) mass is 420 g/mol. The first-order valence-corrected chi connectivity index (χ1v) is 7.97. The summed E-state index contributed by atoms with van der Waals surface area (Å²) in [5.74, 6) is 0.152. The van der Waals surface area contributed by atoms with Crippen LogP contribution in [-0.2, 0) is 0 Å². The van der Waals surface area contributed by atoms with E-state index in [-0.39, 0.29) is 29.1 Å². The van der Waals surface area contributed by atoms with E-state index in [0.717, 1.165) is 11.3 Å². The van der Waals surface area contributed by atoms with Crippen molar-refractivity contribution in [3.63, 3.8) is 0 Å². The molecule has 3 N–H and O–H groups in total. The minimum Gasteiger partial charge on any atom is -1.00 e. The van der Waals surface area contributed by atoms with Gasteiger partial charge in [-0.2, -0.15) is 4.57 Å². The van der Waals surface area contributed by atoms with Gasteiger partial charge in [0.25, 0.3) is 5.91 Å². The highest BCUT2D eigenvalue weighted by Gasteiger charge is 2.36. The Hall–Kier alpha value is -2.61. The third-order valence-corrected chi connectivity index (χ3v) is 4.29. The van der Waals surface area contributed by atoms with Crippen LogP contribution in [0.1, 0.15) is 34.9 Å². The Kier molecular flexibility index (Phi) is 5.86. The van der Waals surface area contributed by atoms with Gasteiger partial charge in [-0.05, 0) is 36.8 Å². The van der Waals surface area contributed by atoms with E-state index in [2.05, 4.69) is 12.2 Å². The van der Waals surface area contributed by atoms with Crippen molar-refractivity contribution in [3.05, 3.63) is 53.9 Å². The molecular weight excluding hydrogens is 400 g/mol. The molecule has 0 saturated carbocycles. The second kappa shape index (κ2) is 7.74. The zero-order chi connectivity index (χ0) is 18.1. The molecule has 2 amide bonds. The number of halogens is 1. The molecule has 2 heterocycles. The number of ether oxygens (including phenoxy) is 1. The van der Waals surface area contributed by atoms with Crippen LogP contribution in [0.2, 0.25) is 0 Å². The van der Waals surface area contributed by atoms with Crippen LogP contribution in [0.3, 0.4) is 0 Å². The summed E-state index contributed by atoms with van der Waals surface area (Å²) < 4.78 is 7.26. The van der Waals surface area contributed by atoms with E-state index in [1.807, 2.05) is 22.9 Å². The number of aromatic nitrogens is 1. The van der Waals surface area contributed by atoms with Crippen LogP contribution in [0, 0.1) is 0 Å². The molecule has 0 spiro atoms. The van der Waals surface area contributed by atoms with Crippen LogP contribution >= 0.6 is 0 Å². The van der Waals surface area contributed by atoms with E-state index in [1.165, 1.54) is 4.90 Å². The molecule has 1 aromatic heterocycles. The first-order chi connectivity index (χ1) is 11.9. The third kappa shape index (κ3) is 3.80. The maximum atomic E-state index is 11.7. The minimum atomic E-state index is -0.463. The van der Waals surface area contributed by atoms with E-state index >= 15 is 0 Å². The van der Waals surface area contributed by atoms with E-state index in [0.29, 0.717) is 11.3 Å². The van der Waals surface area contributed by atoms with Crippen molar-refractivity contribution in [2.75, 3.05) is 19.4 Å². The zero-order valence-electron chi connectivity index (χ0n) is 14.8. The molecule has 0 fully saturated rings. The normalized spacial score (nSPS) is 17.5. The van der Waals surface area contributed by atoms with Gasteiger partial charge in [-0.25, -0.2) is 4.79 Å². The second-order valence-electron chi connectivity index (χ2n) is 6.29. The fourth-order valence-electron chi connectivity index (χ4n) is 2.90. The SMILES string of the molecule is CC1c2cc(OC(=O)N(C)C)ccc2NC1[n+]1cccc(C(N)=O)c1.[Br-]. The maximum absolute atomic E-state index is 11.7. The van der Waals surface area contributed by atoms with E-state index in [9.17, 15) is 9.59 Å². The molecule has 0 radical (unpaired) electrons. The Balaban J connectivity index is 0.00000243. The van der Waals surface area contributed by atoms with Crippen LogP contribution in [0.15, 0.2) is 42.7 Å². The lowest BCUT2D eigenvalue weighted by molar-refractivity contribution is -0.718. The van der Waals surface area contributed by atoms with Gasteiger partial charge in [-0.3, -0.25) is 4.79 Å². The number of amides is 2. The molecule has 0 saturated heterocycles. The highest BCUT2D eigenvalue weighted by Crippen LogP contribution is 2.40. The molecule has 2 atom stereocenters. The Labute approximate surface area is 162 Å². The largest absolute Gasteiger partial charge is 1.00 e. The molecule has 1 aliphatic rings. The van der Waals surface area contributed by atoms with Gasteiger partial charge in [-0.15, -0.1) is 0 Å². The van der Waals surface area contributed by atoms with Gasteiger partial charge in [0.05, 0.1) is 5.92 Å². The van der Waals surface area contributed by atoms with Crippen molar-refractivity contribution < 1.29 is 35.9 Å². The van der Waals surface area contributed by atoms with E-state index < -0.39 is 12.0 Å². The van der Waals surface area contributed by atoms with Gasteiger partial charge in [-0.1, -0.05) is 0 Å². The van der Waals surface area contributed by atoms with Crippen LogP contribution in [0.5, 0.6) is 5.75 Å². The number of nitrogens with two attached hydrogens (primary N) is 1. The predicted octanol–water partition coefficient (Wildman–Crippen LogP) is -1.13. The molecule has 2 aromatic rings. The van der Waals surface area contributed by atoms with Gasteiger partial charge in [0, 0.05) is 25.8 Å². The maximum Gasteiger partial charge on any atom is 0.414 e. The molecule has 8 heteroatoms. The van der Waals surface area contributed by atoms with Crippen molar-refractivity contribution in [1.82, 2.24) is 4.90 Å². The first kappa shape index (κ1) is 19.7. The summed E-state index contributed by atoms with van der Waals surface area (Å²) in [6.45, 7) is 2.07. The standard InChI is InChI=1S/C18H20N4O3.BrH/c1-11-14-9-13(25-18(24)21(2)3)6-7-15(14)20-17(11)22-8-4-5-12(10-22)16(19)23;/h4-11,17,20H,1-3H3,(H-,19,23);1H. The molecule has 0 aliphatic carbocycles. The molecule has 7 nitrogen and oxygen atoms in total. The number of carbonyl (C=O) groups excluding carboxylic acids is 2. The molecule has 0 bridgehead atoms. The Morgan fingerprint density at radius 1 is 1.27 bits per heavy atom. The van der Waals surface area contributed by atoms with E-state index in [1.54, 1.807) is 38.5 Å². The quantitative estimate of drug-likeness (QED) is 0.614. The topological polar surface area (TPSA) is 88.5 Å². The zero-order valence-corrected chi connectivity index (χ0v) is 16.4. The average Bonchev–Trinajstić information content (AvgIpc) is 2.91. The van der Waals surface area contributed by atoms with Gasteiger partial charge in [0.2, 0.25) is 6.17 Å². The molecule has 3 rings (SSSR count). The minimum absolute atomic E-state index is 0. The number of hydrogen-bond acceptors (Lipinski definition) is 4. The summed E-state index contributed by atoms with van der Waals surface area (Å²) in [5.41, 5.74) is 7.84. The summed E-state index contributed by atoms with van der Waals surface area (Å²) in [6.07, 6.45) is 3.14. The number of pyridine rings is 1. The van der Waals surface area contributed by atoms with Crippen LogP contribution in [0.4, 0.5) is 10.5 Å². The van der Waals surface area contributed by atoms with E-state index in [4.69, 9.17) is 10.5 Å². The number of carbonyl (C=O) groups is 2. The molecule has 1 aromatic carbocycles. The summed E-state index contributed by atoms with van der Waals surface area (Å²) in [6, 6.07) is 8.99. The lowest BCUT2D eigenvalue weighted by atomic mass is 10.0. The lowest BCUT2D eigenvalue weighted by Gasteiger charge is -2.12. The Morgan fingerprint density at radius 3 is 2.65 bits per heavy atom. The third-order valence-electron chi connectivity index (χ3n) is 4.29. The number of primary amides is 1. The number of fused-ring (bicyclic) bond motifs is 1. The average molecular weight is 421 g/mol. The van der Waals surface area contributed by atoms with Gasteiger partial charge in [0.1, 0.15) is 11.3 Å². The highest BCUT2D eigenvalue weighted by atomic mass is 79.9. The van der Waals surface area contributed by atoms with Crippen molar-refractivity contribution in [3.8, 4) is 5.75 Å². The highest BCUT2D eigenvalue weighted by molar-refractivity contribution is 5.92. The number of benzene rings is 1. The van der Waals surface area contributed by atoms with Crippen LogP contribution < -0.4 is 37.3 Å². The van der Waals surface area contributed by atoms with Crippen LogP contribution in [-0.4, -0.2) is 31.0 Å². The molecule has 138 valence electrons. The number of rotatable bonds is 3. The Morgan fingerprint density at radius 2 is 2.00 bits per heavy atom. The number of anilines is 1. The lowest BCUT2D eigenvalue weighted by Crippen LogP contribution is -3.00. The van der Waals surface area contributed by atoms with Crippen molar-refractivity contribution in [1.29, 1.82) is 0 Å². The van der Waals surface area contributed by atoms with Gasteiger partial charge in [0.15, 0.2) is 12.4 Å². The van der Waals surface area contributed by atoms with Crippen molar-refractivity contribution in [2.45, 2.75) is 19.0 Å². The summed E-state index contributed by atoms with van der Waals surface area (Å²) in [5, 5.41) is 3.43. The smallest absolute Gasteiger partial charge is 0.414 e. The molecule has 2 unspecified atom stereocenters. The summed E-state index contributed by atoms with van der Waals surface area (Å²) in [7, 11) is 3.27. The predicted molar refractivity (Wildman–Crippen MR) is 92.4 cm³/mol. The van der Waals surface area contributed by atoms with Crippen molar-refractivity contribution in [2.24, 2.45) is 5.73 Å². The second-order valence-corrected chi connectivity index (χ2v) is 6.29. The fraction of sp³-hybridized carbons (Fsp3) is 0.278. The summed E-state index contributed by atoms with van der Waals surface area (Å²) >= 11 is 0. The number of nitrogens with one attached hydrogen (secondary N) is 1. The Bertz CT molecular complexity index is 841. The van der Waals surface area contributed by atoms with Crippen LogP contribution in [0.25, 0.3) is 0 Å². The van der Waals surface area contributed by atoms with Gasteiger partial charge < -0.3 is 37.7 Å². The van der Waals surface area contributed by atoms with Crippen molar-refractivity contribution >= 4 is 17.7 Å². The molecule has 26 heavy (non-hydrogen) atoms.